The highest BCUT2D eigenvalue weighted by atomic mass is 31.2. The number of hydrogen-bond donors (Lipinski definition) is 1. The van der Waals surface area contributed by atoms with Gasteiger partial charge in [-0.15, -0.1) is 0 Å². The summed E-state index contributed by atoms with van der Waals surface area (Å²) < 4.78 is 45.7. The van der Waals surface area contributed by atoms with Crippen LogP contribution >= 0.6 is 7.60 Å². The van der Waals surface area contributed by atoms with Crippen molar-refractivity contribution in [2.24, 2.45) is 0 Å². The van der Waals surface area contributed by atoms with Crippen molar-refractivity contribution in [1.82, 2.24) is 29.7 Å². The van der Waals surface area contributed by atoms with E-state index in [2.05, 4.69) is 36.9 Å². The molecular weight excluding hydrogens is 539 g/mol. The lowest BCUT2D eigenvalue weighted by atomic mass is 10.1. The normalized spacial score (nSPS) is 14.1. The van der Waals surface area contributed by atoms with Crippen LogP contribution in [-0.2, 0) is 28.9 Å². The van der Waals surface area contributed by atoms with E-state index in [-0.39, 0.29) is 18.1 Å². The molecule has 0 saturated heterocycles. The quantitative estimate of drug-likeness (QED) is 0.249. The van der Waals surface area contributed by atoms with Crippen LogP contribution in [0.3, 0.4) is 0 Å². The second-order valence-corrected chi connectivity index (χ2v) is 11.0. The predicted molar refractivity (Wildman–Crippen MR) is 142 cm³/mol. The topological polar surface area (TPSA) is 119 Å². The van der Waals surface area contributed by atoms with Crippen LogP contribution < -0.4 is 4.90 Å². The standard InChI is InChI=1S/C27H20F2N7O3P/c1-40(37,38)39-16-36-15-20-10-17(11-23(29)25(20)34-36)2-5-22-6-8-30-26(32-22)24-7-9-31-27(33-24)35-13-18-3-4-21(28)12-19(18)14-35/h3-4,6-12,15H,13-14,16H2,1H3,(H,37,38). The molecule has 0 radical (unpaired) electrons. The molecule has 2 aromatic carbocycles. The van der Waals surface area contributed by atoms with Gasteiger partial charge in [0, 0.05) is 49.3 Å². The third kappa shape index (κ3) is 5.58. The fraction of sp³-hybridized carbons (Fsp3) is 0.148. The molecule has 0 aliphatic carbocycles. The van der Waals surface area contributed by atoms with Gasteiger partial charge in [-0.2, -0.15) is 5.10 Å². The lowest BCUT2D eigenvalue weighted by Gasteiger charge is -2.15. The summed E-state index contributed by atoms with van der Waals surface area (Å²) in [6, 6.07) is 11.0. The average molecular weight is 559 g/mol. The van der Waals surface area contributed by atoms with E-state index in [1.165, 1.54) is 29.1 Å². The van der Waals surface area contributed by atoms with E-state index < -0.39 is 13.4 Å². The number of benzene rings is 2. The van der Waals surface area contributed by atoms with Crippen molar-refractivity contribution < 1.29 is 22.8 Å². The maximum absolute atomic E-state index is 14.7. The first-order valence-corrected chi connectivity index (χ1v) is 14.0. The monoisotopic (exact) mass is 559 g/mol. The lowest BCUT2D eigenvalue weighted by molar-refractivity contribution is 0.193. The second kappa shape index (κ2) is 10.2. The molecule has 1 unspecified atom stereocenters. The van der Waals surface area contributed by atoms with Crippen LogP contribution in [0.25, 0.3) is 22.4 Å². The maximum Gasteiger partial charge on any atom is 0.326 e. The molecule has 4 heterocycles. The van der Waals surface area contributed by atoms with Crippen LogP contribution in [0.1, 0.15) is 22.4 Å². The highest BCUT2D eigenvalue weighted by Crippen LogP contribution is 2.37. The van der Waals surface area contributed by atoms with Crippen molar-refractivity contribution in [2.45, 2.75) is 19.8 Å². The molecule has 1 atom stereocenters. The summed E-state index contributed by atoms with van der Waals surface area (Å²) >= 11 is 0. The van der Waals surface area contributed by atoms with Crippen molar-refractivity contribution in [1.29, 1.82) is 0 Å². The summed E-state index contributed by atoms with van der Waals surface area (Å²) in [7, 11) is -3.70. The molecule has 1 aliphatic heterocycles. The minimum absolute atomic E-state index is 0.0909. The van der Waals surface area contributed by atoms with Crippen LogP contribution in [0.2, 0.25) is 0 Å². The van der Waals surface area contributed by atoms with E-state index in [0.717, 1.165) is 17.8 Å². The molecule has 10 nitrogen and oxygen atoms in total. The molecule has 0 bridgehead atoms. The first-order chi connectivity index (χ1) is 19.2. The van der Waals surface area contributed by atoms with Crippen molar-refractivity contribution >= 4 is 24.4 Å². The van der Waals surface area contributed by atoms with Crippen molar-refractivity contribution in [3.8, 4) is 23.4 Å². The smallest absolute Gasteiger partial charge is 0.326 e. The number of anilines is 1. The van der Waals surface area contributed by atoms with Gasteiger partial charge in [0.05, 0.1) is 0 Å². The minimum atomic E-state index is -3.70. The number of hydrogen-bond acceptors (Lipinski definition) is 8. The summed E-state index contributed by atoms with van der Waals surface area (Å²) in [5, 5.41) is 4.51. The second-order valence-electron chi connectivity index (χ2n) is 9.15. The van der Waals surface area contributed by atoms with Gasteiger partial charge in [-0.05, 0) is 53.4 Å². The minimum Gasteiger partial charge on any atom is -0.332 e. The molecule has 0 fully saturated rings. The van der Waals surface area contributed by atoms with Crippen LogP contribution in [0.5, 0.6) is 0 Å². The number of fused-ring (bicyclic) bond motifs is 2. The van der Waals surface area contributed by atoms with Crippen molar-refractivity contribution in [2.75, 3.05) is 11.6 Å². The van der Waals surface area contributed by atoms with E-state index in [9.17, 15) is 18.2 Å². The fourth-order valence-electron chi connectivity index (χ4n) is 4.26. The zero-order chi connectivity index (χ0) is 27.9. The van der Waals surface area contributed by atoms with Gasteiger partial charge in [0.2, 0.25) is 5.95 Å². The van der Waals surface area contributed by atoms with Gasteiger partial charge in [0.1, 0.15) is 29.5 Å². The van der Waals surface area contributed by atoms with E-state index in [1.54, 1.807) is 36.7 Å². The third-order valence-corrected chi connectivity index (χ3v) is 6.67. The van der Waals surface area contributed by atoms with Gasteiger partial charge < -0.3 is 9.79 Å². The average Bonchev–Trinajstić information content (AvgIpc) is 3.55. The van der Waals surface area contributed by atoms with Crippen molar-refractivity contribution in [3.63, 3.8) is 0 Å². The lowest BCUT2D eigenvalue weighted by Crippen LogP contribution is -2.17. The molecule has 1 N–H and O–H groups in total. The van der Waals surface area contributed by atoms with Gasteiger partial charge in [-0.25, -0.2) is 33.4 Å². The summed E-state index contributed by atoms with van der Waals surface area (Å²) in [5.41, 5.74) is 3.31. The highest BCUT2D eigenvalue weighted by Gasteiger charge is 2.22. The molecule has 6 rings (SSSR count). The van der Waals surface area contributed by atoms with Gasteiger partial charge in [-0.1, -0.05) is 12.0 Å². The number of aromatic nitrogens is 6. The molecule has 0 spiro atoms. The van der Waals surface area contributed by atoms with Crippen LogP contribution in [0.15, 0.2) is 61.1 Å². The summed E-state index contributed by atoms with van der Waals surface area (Å²) in [6.45, 7) is 1.83. The molecule has 0 amide bonds. The van der Waals surface area contributed by atoms with Crippen molar-refractivity contribution in [3.05, 3.63) is 95.1 Å². The largest absolute Gasteiger partial charge is 0.332 e. The van der Waals surface area contributed by atoms with Crippen LogP contribution in [0.4, 0.5) is 14.7 Å². The Morgan fingerprint density at radius 1 is 1.02 bits per heavy atom. The molecule has 0 saturated carbocycles. The molecule has 5 aromatic rings. The third-order valence-electron chi connectivity index (χ3n) is 6.07. The Labute approximate surface area is 226 Å². The van der Waals surface area contributed by atoms with Crippen LogP contribution in [0, 0.1) is 23.5 Å². The molecular formula is C27H20F2N7O3P. The number of rotatable bonds is 5. The molecule has 200 valence electrons. The molecule has 3 aromatic heterocycles. The predicted octanol–water partition coefficient (Wildman–Crippen LogP) is 4.27. The summed E-state index contributed by atoms with van der Waals surface area (Å²) in [4.78, 5) is 29.0. The SMILES string of the molecule is CP(=O)(O)OCn1cc2cc(C#Cc3ccnc(-c4ccnc(N5Cc6ccc(F)cc6C5)n4)n3)cc(F)c2n1. The summed E-state index contributed by atoms with van der Waals surface area (Å²) in [6.07, 6.45) is 4.68. The Hall–Kier alpha value is -4.56. The van der Waals surface area contributed by atoms with E-state index in [1.807, 2.05) is 4.90 Å². The van der Waals surface area contributed by atoms with E-state index in [0.29, 0.717) is 47.2 Å². The Bertz CT molecular complexity index is 1880. The fourth-order valence-corrected chi connectivity index (χ4v) is 4.60. The first-order valence-electron chi connectivity index (χ1n) is 12.0. The van der Waals surface area contributed by atoms with Gasteiger partial charge in [0.25, 0.3) is 0 Å². The molecule has 40 heavy (non-hydrogen) atoms. The Morgan fingerprint density at radius 3 is 2.70 bits per heavy atom. The van der Waals surface area contributed by atoms with E-state index in [4.69, 9.17) is 4.52 Å². The van der Waals surface area contributed by atoms with E-state index >= 15 is 0 Å². The molecule has 1 aliphatic rings. The van der Waals surface area contributed by atoms with Gasteiger partial charge in [-0.3, -0.25) is 9.09 Å². The van der Waals surface area contributed by atoms with Gasteiger partial charge >= 0.3 is 7.60 Å². The maximum atomic E-state index is 14.7. The zero-order valence-electron chi connectivity index (χ0n) is 21.0. The highest BCUT2D eigenvalue weighted by molar-refractivity contribution is 7.51. The number of nitrogens with zero attached hydrogens (tertiary/aromatic N) is 7. The molecule has 13 heteroatoms. The summed E-state index contributed by atoms with van der Waals surface area (Å²) in [5.74, 6) is 5.78. The Kier molecular flexibility index (Phi) is 6.56. The van der Waals surface area contributed by atoms with Crippen LogP contribution in [-0.4, -0.2) is 41.3 Å². The first kappa shape index (κ1) is 25.7. The zero-order valence-corrected chi connectivity index (χ0v) is 21.9. The Balaban J connectivity index is 1.22. The number of halogens is 2. The Morgan fingerprint density at radius 2 is 1.85 bits per heavy atom. The van der Waals surface area contributed by atoms with Gasteiger partial charge in [0.15, 0.2) is 11.6 Å².